The van der Waals surface area contributed by atoms with Crippen LogP contribution in [0.2, 0.25) is 0 Å². The molecule has 0 aliphatic heterocycles. The fourth-order valence-corrected chi connectivity index (χ4v) is 3.14. The first-order valence-corrected chi connectivity index (χ1v) is 7.32. The number of carbonyl (C=O) groups is 1. The molecule has 0 atom stereocenters. The summed E-state index contributed by atoms with van der Waals surface area (Å²) in [5.41, 5.74) is 0.285. The quantitative estimate of drug-likeness (QED) is 0.475. The second-order valence-electron chi connectivity index (χ2n) is 3.80. The van der Waals surface area contributed by atoms with Crippen molar-refractivity contribution in [2.75, 3.05) is 0 Å². The number of carboxylic acids is 1. The van der Waals surface area contributed by atoms with Crippen LogP contribution in [0.4, 0.5) is 5.69 Å². The number of hydrogen-bond donors (Lipinski definition) is 1. The minimum absolute atomic E-state index is 0.0465. The Morgan fingerprint density at radius 2 is 1.85 bits per heavy atom. The van der Waals surface area contributed by atoms with Gasteiger partial charge < -0.3 is 5.11 Å². The molecular weight excluding hydrogens is 393 g/mol. The molecule has 1 N–H and O–H groups in total. The van der Waals surface area contributed by atoms with E-state index in [1.807, 2.05) is 0 Å². The summed E-state index contributed by atoms with van der Waals surface area (Å²) in [7, 11) is 0. The number of nitrogens with zero attached hydrogens (tertiary/aromatic N) is 1. The number of aromatic carboxylic acids is 1. The predicted molar refractivity (Wildman–Crippen MR) is 83.3 cm³/mol. The number of rotatable bonds is 4. The molecule has 0 heterocycles. The molecule has 0 amide bonds. The minimum Gasteiger partial charge on any atom is -0.478 e. The van der Waals surface area contributed by atoms with E-state index < -0.39 is 10.9 Å². The Morgan fingerprint density at radius 1 is 1.20 bits per heavy atom. The molecule has 0 unspecified atom stereocenters. The number of halogens is 1. The van der Waals surface area contributed by atoms with Crippen molar-refractivity contribution >= 4 is 46.0 Å². The van der Waals surface area contributed by atoms with Crippen molar-refractivity contribution < 1.29 is 14.8 Å². The topological polar surface area (TPSA) is 80.4 Å². The van der Waals surface area contributed by atoms with Gasteiger partial charge >= 0.3 is 5.97 Å². The summed E-state index contributed by atoms with van der Waals surface area (Å²) in [6.07, 6.45) is 0. The van der Waals surface area contributed by atoms with Gasteiger partial charge in [-0.25, -0.2) is 4.79 Å². The summed E-state index contributed by atoms with van der Waals surface area (Å²) >= 11 is 3.50. The zero-order valence-corrected chi connectivity index (χ0v) is 12.9. The van der Waals surface area contributed by atoms with Crippen LogP contribution in [-0.2, 0) is 0 Å². The van der Waals surface area contributed by atoms with Crippen molar-refractivity contribution in [3.63, 3.8) is 0 Å². The summed E-state index contributed by atoms with van der Waals surface area (Å²) in [6.45, 7) is 0. The molecule has 102 valence electrons. The van der Waals surface area contributed by atoms with E-state index in [-0.39, 0.29) is 11.3 Å². The molecular formula is C13H8INO4S. The van der Waals surface area contributed by atoms with Crippen LogP contribution in [0, 0.1) is 13.7 Å². The second-order valence-corrected chi connectivity index (χ2v) is 6.08. The molecule has 0 radical (unpaired) electrons. The third-order valence-corrected chi connectivity index (χ3v) is 4.80. The van der Waals surface area contributed by atoms with Crippen LogP contribution in [0.1, 0.15) is 10.4 Å². The molecule has 0 aliphatic rings. The van der Waals surface area contributed by atoms with Crippen LogP contribution in [0.5, 0.6) is 0 Å². The van der Waals surface area contributed by atoms with E-state index >= 15 is 0 Å². The lowest BCUT2D eigenvalue weighted by Crippen LogP contribution is -1.96. The average Bonchev–Trinajstić information content (AvgIpc) is 2.41. The number of non-ortho nitro benzene ring substituents is 1. The molecule has 20 heavy (non-hydrogen) atoms. The Bertz CT molecular complexity index is 673. The van der Waals surface area contributed by atoms with Gasteiger partial charge in [0, 0.05) is 25.5 Å². The van der Waals surface area contributed by atoms with Gasteiger partial charge in [0.15, 0.2) is 0 Å². The maximum absolute atomic E-state index is 10.9. The third kappa shape index (κ3) is 3.48. The normalized spacial score (nSPS) is 10.2. The van der Waals surface area contributed by atoms with Crippen LogP contribution in [0.25, 0.3) is 0 Å². The fraction of sp³-hybridized carbons (Fsp3) is 0. The van der Waals surface area contributed by atoms with Gasteiger partial charge in [0.05, 0.1) is 10.5 Å². The highest BCUT2D eigenvalue weighted by atomic mass is 127. The largest absolute Gasteiger partial charge is 0.478 e. The summed E-state index contributed by atoms with van der Waals surface area (Å²) in [6, 6.07) is 11.1. The number of carboxylic acid groups (broad SMARTS) is 1. The molecule has 0 aromatic heterocycles. The van der Waals surface area contributed by atoms with Crippen molar-refractivity contribution in [2.45, 2.75) is 9.79 Å². The Morgan fingerprint density at radius 3 is 2.35 bits per heavy atom. The first-order chi connectivity index (χ1) is 9.47. The highest BCUT2D eigenvalue weighted by molar-refractivity contribution is 14.1. The zero-order chi connectivity index (χ0) is 14.7. The molecule has 2 aromatic carbocycles. The smallest absolute Gasteiger partial charge is 0.335 e. The maximum atomic E-state index is 10.9. The van der Waals surface area contributed by atoms with Gasteiger partial charge in [-0.1, -0.05) is 11.8 Å². The SMILES string of the molecule is O=C(O)c1ccc(Sc2ccc([N+](=O)[O-])cc2)c(I)c1. The first-order valence-electron chi connectivity index (χ1n) is 5.42. The van der Waals surface area contributed by atoms with E-state index in [1.165, 1.54) is 30.0 Å². The Balaban J connectivity index is 2.21. The molecule has 0 spiro atoms. The Labute approximate surface area is 132 Å². The van der Waals surface area contributed by atoms with E-state index in [0.29, 0.717) is 0 Å². The van der Waals surface area contributed by atoms with Gasteiger partial charge in [-0.15, -0.1) is 0 Å². The predicted octanol–water partition coefficient (Wildman–Crippen LogP) is 4.05. The molecule has 5 nitrogen and oxygen atoms in total. The maximum Gasteiger partial charge on any atom is 0.335 e. The van der Waals surface area contributed by atoms with Gasteiger partial charge in [-0.3, -0.25) is 10.1 Å². The first kappa shape index (κ1) is 14.8. The summed E-state index contributed by atoms with van der Waals surface area (Å²) in [4.78, 5) is 22.7. The van der Waals surface area contributed by atoms with Crippen molar-refractivity contribution in [3.05, 3.63) is 61.7 Å². The van der Waals surface area contributed by atoms with Gasteiger partial charge in [0.2, 0.25) is 0 Å². The monoisotopic (exact) mass is 401 g/mol. The summed E-state index contributed by atoms with van der Waals surface area (Å²) in [5.74, 6) is -0.963. The molecule has 2 aromatic rings. The molecule has 0 saturated carbocycles. The molecule has 7 heteroatoms. The molecule has 2 rings (SSSR count). The highest BCUT2D eigenvalue weighted by Crippen LogP contribution is 2.32. The Kier molecular flexibility index (Phi) is 4.61. The number of hydrogen-bond acceptors (Lipinski definition) is 4. The van der Waals surface area contributed by atoms with Crippen LogP contribution in [0.15, 0.2) is 52.3 Å². The number of nitro groups is 1. The van der Waals surface area contributed by atoms with E-state index in [1.54, 1.807) is 24.3 Å². The second kappa shape index (κ2) is 6.23. The third-order valence-electron chi connectivity index (χ3n) is 2.45. The zero-order valence-electron chi connectivity index (χ0n) is 9.95. The van der Waals surface area contributed by atoms with Crippen LogP contribution in [-0.4, -0.2) is 16.0 Å². The summed E-state index contributed by atoms with van der Waals surface area (Å²) in [5, 5.41) is 19.5. The van der Waals surface area contributed by atoms with Crippen LogP contribution >= 0.6 is 34.4 Å². The number of nitro benzene ring substituents is 1. The van der Waals surface area contributed by atoms with Gasteiger partial charge in [0.1, 0.15) is 0 Å². The average molecular weight is 401 g/mol. The lowest BCUT2D eigenvalue weighted by Gasteiger charge is -2.05. The van der Waals surface area contributed by atoms with E-state index in [0.717, 1.165) is 13.4 Å². The molecule has 0 bridgehead atoms. The van der Waals surface area contributed by atoms with Crippen molar-refractivity contribution in [3.8, 4) is 0 Å². The van der Waals surface area contributed by atoms with Crippen molar-refractivity contribution in [1.82, 2.24) is 0 Å². The van der Waals surface area contributed by atoms with Crippen molar-refractivity contribution in [2.24, 2.45) is 0 Å². The Hall–Kier alpha value is -1.61. The molecule has 0 fully saturated rings. The van der Waals surface area contributed by atoms with Gasteiger partial charge in [-0.05, 0) is 52.9 Å². The number of benzene rings is 2. The van der Waals surface area contributed by atoms with E-state index in [2.05, 4.69) is 22.6 Å². The lowest BCUT2D eigenvalue weighted by atomic mass is 10.2. The summed E-state index contributed by atoms with van der Waals surface area (Å²) < 4.78 is 0.825. The lowest BCUT2D eigenvalue weighted by molar-refractivity contribution is -0.384. The van der Waals surface area contributed by atoms with Gasteiger partial charge in [-0.2, -0.15) is 0 Å². The fourth-order valence-electron chi connectivity index (χ4n) is 1.48. The van der Waals surface area contributed by atoms with E-state index in [9.17, 15) is 14.9 Å². The molecule has 0 aliphatic carbocycles. The van der Waals surface area contributed by atoms with Crippen LogP contribution < -0.4 is 0 Å². The van der Waals surface area contributed by atoms with Crippen LogP contribution in [0.3, 0.4) is 0 Å². The minimum atomic E-state index is -0.963. The highest BCUT2D eigenvalue weighted by Gasteiger charge is 2.09. The standard InChI is InChI=1S/C13H8INO4S/c14-11-7-8(13(16)17)1-6-12(11)20-10-4-2-9(3-5-10)15(18)19/h1-7H,(H,16,17). The van der Waals surface area contributed by atoms with Crippen molar-refractivity contribution in [1.29, 1.82) is 0 Å². The van der Waals surface area contributed by atoms with Gasteiger partial charge in [0.25, 0.3) is 5.69 Å². The van der Waals surface area contributed by atoms with E-state index in [4.69, 9.17) is 5.11 Å². The molecule has 0 saturated heterocycles.